The predicted octanol–water partition coefficient (Wildman–Crippen LogP) is 4.15. The molecular formula is C25H29Cl2FN6O2. The molecule has 0 saturated carbocycles. The van der Waals surface area contributed by atoms with Gasteiger partial charge in [0.15, 0.2) is 5.15 Å². The number of hydrogen-bond donors (Lipinski definition) is 2. The van der Waals surface area contributed by atoms with Gasteiger partial charge in [-0.1, -0.05) is 50.6 Å². The van der Waals surface area contributed by atoms with Crippen molar-refractivity contribution in [1.82, 2.24) is 30.0 Å². The number of nitrogens with one attached hydrogen (secondary N) is 2. The smallest absolute Gasteiger partial charge is 0.271 e. The van der Waals surface area contributed by atoms with Crippen LogP contribution in [0.25, 0.3) is 10.9 Å². The largest absolute Gasteiger partial charge is 0.343 e. The van der Waals surface area contributed by atoms with E-state index in [0.717, 1.165) is 28.2 Å². The van der Waals surface area contributed by atoms with Crippen molar-refractivity contribution in [2.75, 3.05) is 13.1 Å². The number of aryl methyl sites for hydroxylation is 2. The zero-order chi connectivity index (χ0) is 26.4. The highest BCUT2D eigenvalue weighted by Crippen LogP contribution is 2.33. The van der Waals surface area contributed by atoms with Gasteiger partial charge in [0.25, 0.3) is 5.91 Å². The van der Waals surface area contributed by atoms with Gasteiger partial charge >= 0.3 is 0 Å². The van der Waals surface area contributed by atoms with E-state index in [2.05, 4.69) is 53.9 Å². The molecule has 0 radical (unpaired) electrons. The third-order valence-electron chi connectivity index (χ3n) is 6.54. The van der Waals surface area contributed by atoms with Crippen LogP contribution < -0.4 is 5.32 Å². The molecule has 3 heterocycles. The fraction of sp³-hybridized carbons (Fsp3) is 0.440. The SMILES string of the molecule is C=CC(=O)N1C[C@H](NC(=O)c2c(Cl)nc(CCc3[nH]nc4cc(Cl)c(C(C)(C)C)cc34)n2C)[C@@H](F)C1. The maximum Gasteiger partial charge on any atom is 0.271 e. The highest BCUT2D eigenvalue weighted by Gasteiger charge is 2.36. The summed E-state index contributed by atoms with van der Waals surface area (Å²) in [5.41, 5.74) is 2.76. The number of hydrogen-bond acceptors (Lipinski definition) is 4. The summed E-state index contributed by atoms with van der Waals surface area (Å²) in [5.74, 6) is -0.318. The van der Waals surface area contributed by atoms with E-state index >= 15 is 0 Å². The third-order valence-corrected chi connectivity index (χ3v) is 7.12. The first-order valence-electron chi connectivity index (χ1n) is 11.6. The van der Waals surface area contributed by atoms with Gasteiger partial charge < -0.3 is 14.8 Å². The van der Waals surface area contributed by atoms with Crippen LogP contribution in [0.1, 0.15) is 48.3 Å². The highest BCUT2D eigenvalue weighted by atomic mass is 35.5. The van der Waals surface area contributed by atoms with Crippen LogP contribution in [0, 0.1) is 0 Å². The molecule has 3 aromatic rings. The number of aromatic amines is 1. The second kappa shape index (κ2) is 9.86. The molecule has 192 valence electrons. The molecule has 0 bridgehead atoms. The number of rotatable bonds is 6. The summed E-state index contributed by atoms with van der Waals surface area (Å²) in [7, 11) is 1.70. The molecule has 11 heteroatoms. The molecule has 0 aliphatic carbocycles. The standard InChI is InChI=1S/C25H29Cl2FN6O2/c1-6-21(35)34-11-16(28)19(12-34)29-24(36)22-23(27)30-20(33(22)5)8-7-17-13-9-14(25(2,3)4)15(26)10-18(13)32-31-17/h6,9-10,16,19H,1,7-8,11-12H2,2-5H3,(H,29,36)(H,31,32)/t16-,19-/m0/s1. The van der Waals surface area contributed by atoms with Gasteiger partial charge in [-0.2, -0.15) is 5.10 Å². The number of alkyl halides is 1. The van der Waals surface area contributed by atoms with Crippen LogP contribution in [0.2, 0.25) is 10.2 Å². The fourth-order valence-electron chi connectivity index (χ4n) is 4.51. The molecule has 2 aromatic heterocycles. The van der Waals surface area contributed by atoms with Crippen molar-refractivity contribution in [3.63, 3.8) is 0 Å². The van der Waals surface area contributed by atoms with E-state index in [0.29, 0.717) is 23.7 Å². The lowest BCUT2D eigenvalue weighted by Crippen LogP contribution is -2.42. The molecule has 0 spiro atoms. The summed E-state index contributed by atoms with van der Waals surface area (Å²) >= 11 is 12.8. The first-order chi connectivity index (χ1) is 16.9. The van der Waals surface area contributed by atoms with E-state index in [1.165, 1.54) is 4.90 Å². The van der Waals surface area contributed by atoms with Crippen molar-refractivity contribution in [3.8, 4) is 0 Å². The fourth-order valence-corrected chi connectivity index (χ4v) is 5.26. The van der Waals surface area contributed by atoms with E-state index in [1.54, 1.807) is 11.6 Å². The topological polar surface area (TPSA) is 95.9 Å². The van der Waals surface area contributed by atoms with Crippen LogP contribution in [-0.2, 0) is 30.1 Å². The van der Waals surface area contributed by atoms with E-state index in [9.17, 15) is 14.0 Å². The lowest BCUT2D eigenvalue weighted by molar-refractivity contribution is -0.125. The molecule has 1 aliphatic heterocycles. The quantitative estimate of drug-likeness (QED) is 0.464. The summed E-state index contributed by atoms with van der Waals surface area (Å²) in [5, 5.41) is 11.8. The molecule has 1 aromatic carbocycles. The zero-order valence-electron chi connectivity index (χ0n) is 20.7. The van der Waals surface area contributed by atoms with Crippen molar-refractivity contribution in [2.24, 2.45) is 7.05 Å². The van der Waals surface area contributed by atoms with Gasteiger partial charge in [0.1, 0.15) is 17.7 Å². The van der Waals surface area contributed by atoms with Gasteiger partial charge in [-0.25, -0.2) is 9.37 Å². The number of carbonyl (C=O) groups excluding carboxylic acids is 2. The second-order valence-corrected chi connectivity index (χ2v) is 10.8. The minimum absolute atomic E-state index is 0.0358. The number of benzene rings is 1. The predicted molar refractivity (Wildman–Crippen MR) is 138 cm³/mol. The van der Waals surface area contributed by atoms with E-state index < -0.39 is 18.1 Å². The zero-order valence-corrected chi connectivity index (χ0v) is 22.2. The summed E-state index contributed by atoms with van der Waals surface area (Å²) < 4.78 is 16.0. The maximum absolute atomic E-state index is 14.4. The molecule has 2 amide bonds. The number of H-pyrrole nitrogens is 1. The molecule has 1 aliphatic rings. The second-order valence-electron chi connectivity index (χ2n) is 10.1. The van der Waals surface area contributed by atoms with Gasteiger partial charge in [0.05, 0.1) is 18.1 Å². The number of halogens is 3. The first kappa shape index (κ1) is 26.2. The van der Waals surface area contributed by atoms with Crippen molar-refractivity contribution in [2.45, 2.75) is 51.2 Å². The number of likely N-dealkylation sites (tertiary alicyclic amines) is 1. The Labute approximate surface area is 218 Å². The molecular weight excluding hydrogens is 506 g/mol. The Morgan fingerprint density at radius 3 is 2.67 bits per heavy atom. The Morgan fingerprint density at radius 2 is 2.00 bits per heavy atom. The number of amides is 2. The molecule has 8 nitrogen and oxygen atoms in total. The van der Waals surface area contributed by atoms with Gasteiger partial charge in [0.2, 0.25) is 5.91 Å². The minimum atomic E-state index is -1.38. The summed E-state index contributed by atoms with van der Waals surface area (Å²) in [6, 6.07) is 3.09. The molecule has 36 heavy (non-hydrogen) atoms. The van der Waals surface area contributed by atoms with Gasteiger partial charge in [0, 0.05) is 36.1 Å². The summed E-state index contributed by atoms with van der Waals surface area (Å²) in [6.07, 6.45) is 0.815. The highest BCUT2D eigenvalue weighted by molar-refractivity contribution is 6.32. The van der Waals surface area contributed by atoms with Crippen molar-refractivity contribution >= 4 is 45.9 Å². The number of carbonyl (C=O) groups is 2. The Hall–Kier alpha value is -2.91. The molecule has 4 rings (SSSR count). The summed E-state index contributed by atoms with van der Waals surface area (Å²) in [4.78, 5) is 30.4. The Kier molecular flexibility index (Phi) is 7.16. The van der Waals surface area contributed by atoms with Crippen LogP contribution in [-0.4, -0.2) is 61.8 Å². The number of fused-ring (bicyclic) bond motifs is 1. The van der Waals surface area contributed by atoms with Crippen molar-refractivity contribution in [1.29, 1.82) is 0 Å². The Bertz CT molecular complexity index is 1340. The minimum Gasteiger partial charge on any atom is -0.343 e. The Balaban J connectivity index is 1.50. The van der Waals surface area contributed by atoms with E-state index in [4.69, 9.17) is 23.2 Å². The van der Waals surface area contributed by atoms with Crippen LogP contribution in [0.15, 0.2) is 24.8 Å². The average Bonchev–Trinajstić information content (AvgIpc) is 3.45. The van der Waals surface area contributed by atoms with E-state index in [-0.39, 0.29) is 35.3 Å². The van der Waals surface area contributed by atoms with Gasteiger partial charge in [-0.3, -0.25) is 14.7 Å². The van der Waals surface area contributed by atoms with Crippen LogP contribution in [0.5, 0.6) is 0 Å². The normalized spacial score (nSPS) is 18.1. The Morgan fingerprint density at radius 1 is 1.28 bits per heavy atom. The van der Waals surface area contributed by atoms with Gasteiger partial charge in [-0.15, -0.1) is 0 Å². The maximum atomic E-state index is 14.4. The molecule has 1 saturated heterocycles. The number of aromatic nitrogens is 4. The third kappa shape index (κ3) is 4.99. The molecule has 0 unspecified atom stereocenters. The molecule has 2 atom stereocenters. The first-order valence-corrected chi connectivity index (χ1v) is 12.4. The molecule has 2 N–H and O–H groups in total. The summed E-state index contributed by atoms with van der Waals surface area (Å²) in [6.45, 7) is 9.70. The number of imidazole rings is 1. The van der Waals surface area contributed by atoms with Crippen molar-refractivity contribution < 1.29 is 14.0 Å². The average molecular weight is 535 g/mol. The van der Waals surface area contributed by atoms with Crippen LogP contribution in [0.3, 0.4) is 0 Å². The van der Waals surface area contributed by atoms with Gasteiger partial charge in [-0.05, 0) is 35.6 Å². The monoisotopic (exact) mass is 534 g/mol. The van der Waals surface area contributed by atoms with Crippen LogP contribution >= 0.6 is 23.2 Å². The number of nitrogens with zero attached hydrogens (tertiary/aromatic N) is 4. The van der Waals surface area contributed by atoms with E-state index in [1.807, 2.05) is 6.07 Å². The van der Waals surface area contributed by atoms with Crippen molar-refractivity contribution in [3.05, 3.63) is 57.7 Å². The lowest BCUT2D eigenvalue weighted by atomic mass is 9.86. The van der Waals surface area contributed by atoms with Crippen LogP contribution in [0.4, 0.5) is 4.39 Å². The molecule has 1 fully saturated rings. The lowest BCUT2D eigenvalue weighted by Gasteiger charge is -2.20.